The van der Waals surface area contributed by atoms with Gasteiger partial charge in [-0.3, -0.25) is 4.79 Å². The molecule has 0 saturated heterocycles. The van der Waals surface area contributed by atoms with Crippen LogP contribution < -0.4 is 10.6 Å². The third-order valence-corrected chi connectivity index (χ3v) is 4.49. The highest BCUT2D eigenvalue weighted by Crippen LogP contribution is 2.35. The average Bonchev–Trinajstić information content (AvgIpc) is 2.99. The highest BCUT2D eigenvalue weighted by atomic mass is 35.5. The topological polar surface area (TPSA) is 66.9 Å². The molecule has 0 spiro atoms. The van der Waals surface area contributed by atoms with Gasteiger partial charge in [0.1, 0.15) is 10.8 Å². The van der Waals surface area contributed by atoms with Crippen LogP contribution in [0.2, 0.25) is 10.0 Å². The van der Waals surface area contributed by atoms with E-state index in [1.165, 1.54) is 11.3 Å². The van der Waals surface area contributed by atoms with E-state index < -0.39 is 0 Å². The van der Waals surface area contributed by atoms with Crippen molar-refractivity contribution in [2.45, 2.75) is 6.92 Å². The van der Waals surface area contributed by atoms with Gasteiger partial charge in [0.2, 0.25) is 0 Å². The summed E-state index contributed by atoms with van der Waals surface area (Å²) in [6, 6.07) is 10.6. The van der Waals surface area contributed by atoms with Gasteiger partial charge in [0, 0.05) is 5.69 Å². The number of hydrogen-bond acceptors (Lipinski definition) is 5. The predicted octanol–water partition coefficient (Wildman–Crippen LogP) is 5.15. The lowest BCUT2D eigenvalue weighted by Gasteiger charge is -2.10. The van der Waals surface area contributed by atoms with Crippen LogP contribution in [0.15, 0.2) is 41.9 Å². The lowest BCUT2D eigenvalue weighted by atomic mass is 10.3. The monoisotopic (exact) mass is 378 g/mol. The molecule has 0 unspecified atom stereocenters. The number of para-hydroxylation sites is 1. The number of rotatable bonds is 4. The molecule has 3 aromatic rings. The lowest BCUT2D eigenvalue weighted by molar-refractivity contribution is 0.102. The Balaban J connectivity index is 1.84. The maximum atomic E-state index is 12.5. The van der Waals surface area contributed by atoms with Gasteiger partial charge < -0.3 is 10.6 Å². The maximum absolute atomic E-state index is 12.5. The molecule has 2 N–H and O–H groups in total. The fourth-order valence-electron chi connectivity index (χ4n) is 2.02. The fraction of sp³-hybridized carbons (Fsp3) is 0.0625. The number of carbonyl (C=O) groups excluding carboxylic acids is 1. The fourth-order valence-corrected chi connectivity index (χ4v) is 3.19. The molecule has 24 heavy (non-hydrogen) atoms. The van der Waals surface area contributed by atoms with Crippen LogP contribution in [0.3, 0.4) is 0 Å². The Labute approximate surface area is 152 Å². The van der Waals surface area contributed by atoms with Crippen LogP contribution in [0.4, 0.5) is 16.5 Å². The molecular weight excluding hydrogens is 367 g/mol. The summed E-state index contributed by atoms with van der Waals surface area (Å²) in [7, 11) is 0. The number of aryl methyl sites for hydroxylation is 1. The summed E-state index contributed by atoms with van der Waals surface area (Å²) in [5.41, 5.74) is 3.17. The van der Waals surface area contributed by atoms with E-state index in [1.807, 2.05) is 19.1 Å². The Morgan fingerprint density at radius 3 is 2.54 bits per heavy atom. The van der Waals surface area contributed by atoms with Gasteiger partial charge >= 0.3 is 0 Å². The van der Waals surface area contributed by atoms with Crippen molar-refractivity contribution in [3.05, 3.63) is 63.3 Å². The molecule has 0 radical (unpaired) electrons. The van der Waals surface area contributed by atoms with Crippen molar-refractivity contribution in [3.8, 4) is 0 Å². The second kappa shape index (κ2) is 7.17. The van der Waals surface area contributed by atoms with E-state index in [-0.39, 0.29) is 11.6 Å². The van der Waals surface area contributed by atoms with Crippen LogP contribution in [0, 0.1) is 6.92 Å². The van der Waals surface area contributed by atoms with Gasteiger partial charge in [0.15, 0.2) is 5.69 Å². The number of anilines is 3. The second-order valence-electron chi connectivity index (χ2n) is 4.87. The maximum Gasteiger partial charge on any atom is 0.278 e. The average molecular weight is 379 g/mol. The summed E-state index contributed by atoms with van der Waals surface area (Å²) in [5.74, 6) is 0.106. The van der Waals surface area contributed by atoms with Crippen molar-refractivity contribution in [1.82, 2.24) is 9.97 Å². The van der Waals surface area contributed by atoms with E-state index in [0.717, 1.165) is 5.69 Å². The minimum atomic E-state index is -0.361. The normalized spacial score (nSPS) is 10.5. The number of thiazole rings is 1. The molecule has 0 aliphatic heterocycles. The van der Waals surface area contributed by atoms with Crippen LogP contribution >= 0.6 is 34.5 Å². The van der Waals surface area contributed by atoms with Crippen LogP contribution in [0.1, 0.15) is 16.2 Å². The van der Waals surface area contributed by atoms with E-state index in [0.29, 0.717) is 26.6 Å². The molecule has 0 aliphatic rings. The van der Waals surface area contributed by atoms with Gasteiger partial charge in [-0.1, -0.05) is 35.3 Å². The predicted molar refractivity (Wildman–Crippen MR) is 98.8 cm³/mol. The zero-order valence-electron chi connectivity index (χ0n) is 12.5. The summed E-state index contributed by atoms with van der Waals surface area (Å²) in [6.07, 6.45) is 0. The van der Waals surface area contributed by atoms with Gasteiger partial charge in [-0.25, -0.2) is 9.97 Å². The molecule has 2 heterocycles. The van der Waals surface area contributed by atoms with Crippen molar-refractivity contribution >= 4 is 57.0 Å². The van der Waals surface area contributed by atoms with E-state index in [9.17, 15) is 4.79 Å². The molecular formula is C16H12Cl2N4OS. The molecule has 1 amide bonds. The summed E-state index contributed by atoms with van der Waals surface area (Å²) in [6.45, 7) is 1.85. The molecule has 8 heteroatoms. The van der Waals surface area contributed by atoms with Crippen molar-refractivity contribution < 1.29 is 4.79 Å². The summed E-state index contributed by atoms with van der Waals surface area (Å²) < 4.78 is 0. The highest BCUT2D eigenvalue weighted by molar-refractivity contribution is 7.14. The van der Waals surface area contributed by atoms with Crippen LogP contribution in [-0.2, 0) is 0 Å². The van der Waals surface area contributed by atoms with Crippen molar-refractivity contribution in [2.24, 2.45) is 0 Å². The van der Waals surface area contributed by atoms with Gasteiger partial charge in [0.25, 0.3) is 5.91 Å². The number of pyridine rings is 1. The first-order chi connectivity index (χ1) is 11.5. The largest absolute Gasteiger partial charge is 0.343 e. The van der Waals surface area contributed by atoms with Crippen LogP contribution in [0.25, 0.3) is 0 Å². The molecule has 0 bridgehead atoms. The minimum absolute atomic E-state index is 0.249. The lowest BCUT2D eigenvalue weighted by Crippen LogP contribution is -2.15. The Hall–Kier alpha value is -2.15. The van der Waals surface area contributed by atoms with Crippen molar-refractivity contribution in [2.75, 3.05) is 10.6 Å². The molecule has 122 valence electrons. The zero-order valence-corrected chi connectivity index (χ0v) is 14.8. The standard InChI is InChI=1S/C16H12Cl2N4OS/c1-9-4-2-7-12(20-9)21-15(23)14-16(24-8-19-14)22-13-10(17)5-3-6-11(13)18/h2-8,22H,1H3,(H,20,21,23). The smallest absolute Gasteiger partial charge is 0.278 e. The number of carbonyl (C=O) groups is 1. The molecule has 5 nitrogen and oxygen atoms in total. The third kappa shape index (κ3) is 3.67. The molecule has 2 aromatic heterocycles. The number of hydrogen-bond donors (Lipinski definition) is 2. The highest BCUT2D eigenvalue weighted by Gasteiger charge is 2.17. The Morgan fingerprint density at radius 1 is 1.12 bits per heavy atom. The zero-order chi connectivity index (χ0) is 17.1. The minimum Gasteiger partial charge on any atom is -0.343 e. The number of nitrogens with one attached hydrogen (secondary N) is 2. The van der Waals surface area contributed by atoms with Gasteiger partial charge in [0.05, 0.1) is 21.2 Å². The molecule has 3 rings (SSSR count). The van der Waals surface area contributed by atoms with E-state index in [2.05, 4.69) is 20.6 Å². The Kier molecular flexibility index (Phi) is 4.99. The first-order valence-corrected chi connectivity index (χ1v) is 8.57. The number of nitrogens with zero attached hydrogens (tertiary/aromatic N) is 2. The molecule has 0 atom stereocenters. The molecule has 0 saturated carbocycles. The van der Waals surface area contributed by atoms with Crippen molar-refractivity contribution in [1.29, 1.82) is 0 Å². The van der Waals surface area contributed by atoms with Gasteiger partial charge in [-0.2, -0.15) is 0 Å². The van der Waals surface area contributed by atoms with E-state index in [1.54, 1.807) is 29.8 Å². The van der Waals surface area contributed by atoms with Gasteiger partial charge in [-0.15, -0.1) is 11.3 Å². The quantitative estimate of drug-likeness (QED) is 0.658. The SMILES string of the molecule is Cc1cccc(NC(=O)c2ncsc2Nc2c(Cl)cccc2Cl)n1. The third-order valence-electron chi connectivity index (χ3n) is 3.11. The number of benzene rings is 1. The van der Waals surface area contributed by atoms with E-state index in [4.69, 9.17) is 23.2 Å². The van der Waals surface area contributed by atoms with E-state index >= 15 is 0 Å². The first-order valence-electron chi connectivity index (χ1n) is 6.94. The summed E-state index contributed by atoms with van der Waals surface area (Å²) in [5, 5.41) is 7.28. The molecule has 0 fully saturated rings. The number of aromatic nitrogens is 2. The van der Waals surface area contributed by atoms with Gasteiger partial charge in [-0.05, 0) is 31.2 Å². The second-order valence-corrected chi connectivity index (χ2v) is 6.54. The van der Waals surface area contributed by atoms with Crippen LogP contribution in [0.5, 0.6) is 0 Å². The summed E-state index contributed by atoms with van der Waals surface area (Å²) >= 11 is 13.6. The molecule has 1 aromatic carbocycles. The summed E-state index contributed by atoms with van der Waals surface area (Å²) in [4.78, 5) is 20.8. The van der Waals surface area contributed by atoms with Crippen LogP contribution in [-0.4, -0.2) is 15.9 Å². The Bertz CT molecular complexity index is 877. The Morgan fingerprint density at radius 2 is 1.83 bits per heavy atom. The van der Waals surface area contributed by atoms with Crippen molar-refractivity contribution in [3.63, 3.8) is 0 Å². The number of halogens is 2. The first kappa shape index (κ1) is 16.7. The number of amides is 1. The molecule has 0 aliphatic carbocycles.